The van der Waals surface area contributed by atoms with Crippen molar-refractivity contribution in [3.05, 3.63) is 12.2 Å². The van der Waals surface area contributed by atoms with Crippen LogP contribution in [0, 0.1) is 0 Å². The maximum Gasteiger partial charge on any atom is 1.00 e. The number of aromatic nitrogens is 3. The summed E-state index contributed by atoms with van der Waals surface area (Å²) < 4.78 is 0. The Morgan fingerprint density at radius 2 is 2.44 bits per heavy atom. The van der Waals surface area contributed by atoms with Gasteiger partial charge in [-0.25, -0.2) is 4.98 Å². The second-order valence-corrected chi connectivity index (χ2v) is 1.12. The zero-order valence-electron chi connectivity index (χ0n) is 4.79. The van der Waals surface area contributed by atoms with Gasteiger partial charge in [0.2, 0.25) is 0 Å². The number of aromatic carboxylic acids is 1. The first-order chi connectivity index (χ1) is 3.80. The van der Waals surface area contributed by atoms with E-state index in [1.165, 1.54) is 0 Å². The van der Waals surface area contributed by atoms with Gasteiger partial charge >= 0.3 is 18.9 Å². The Balaban J connectivity index is 0.000000640. The summed E-state index contributed by atoms with van der Waals surface area (Å²) >= 11 is 0. The Bertz CT molecular complexity index is 185. The van der Waals surface area contributed by atoms with Crippen molar-refractivity contribution >= 4 is 5.97 Å². The van der Waals surface area contributed by atoms with Crippen molar-refractivity contribution in [1.82, 2.24) is 15.2 Å². The van der Waals surface area contributed by atoms with Crippen molar-refractivity contribution < 1.29 is 28.8 Å². The van der Waals surface area contributed by atoms with E-state index in [0.717, 1.165) is 6.33 Å². The molecule has 9 heavy (non-hydrogen) atoms. The molecule has 0 aliphatic carbocycles. The number of aromatic amines is 1. The normalized spacial score (nSPS) is 8.00. The van der Waals surface area contributed by atoms with Crippen molar-refractivity contribution in [3.8, 4) is 0 Å². The number of carboxylic acids is 1. The molecule has 5 nitrogen and oxygen atoms in total. The van der Waals surface area contributed by atoms with Crippen molar-refractivity contribution in [3.63, 3.8) is 0 Å². The monoisotopic (exact) mass is 119 g/mol. The van der Waals surface area contributed by atoms with Gasteiger partial charge < -0.3 is 9.90 Å². The Hall–Kier alpha value is -0.793. The topological polar surface area (TPSA) is 81.7 Å². The Labute approximate surface area is 62.7 Å². The Morgan fingerprint density at radius 1 is 1.78 bits per heavy atom. The molecule has 1 rings (SSSR count). The maximum atomic E-state index is 9.82. The van der Waals surface area contributed by atoms with Crippen LogP contribution in [0.4, 0.5) is 0 Å². The summed E-state index contributed by atoms with van der Waals surface area (Å²) in [5, 5.41) is 15.2. The molecule has 0 radical (unpaired) electrons. The van der Waals surface area contributed by atoms with Crippen LogP contribution in [0.25, 0.3) is 0 Å². The third kappa shape index (κ3) is 1.88. The Kier molecular flexibility index (Phi) is 2.99. The largest absolute Gasteiger partial charge is 1.00 e. The molecule has 1 aromatic rings. The van der Waals surface area contributed by atoms with Gasteiger partial charge in [-0.2, -0.15) is 5.10 Å². The van der Waals surface area contributed by atoms with Crippen molar-refractivity contribution in [2.24, 2.45) is 0 Å². The minimum atomic E-state index is -1.34. The van der Waals surface area contributed by atoms with E-state index in [1.54, 1.807) is 0 Å². The van der Waals surface area contributed by atoms with Gasteiger partial charge in [0.05, 0.1) is 0 Å². The molecular formula is C3H2LiN3O2. The number of H-pyrrole nitrogens is 1. The van der Waals surface area contributed by atoms with E-state index in [4.69, 9.17) is 0 Å². The molecule has 0 spiro atoms. The summed E-state index contributed by atoms with van der Waals surface area (Å²) in [6.45, 7) is 0. The average molecular weight is 119 g/mol. The molecular weight excluding hydrogens is 117 g/mol. The fourth-order valence-electron chi connectivity index (χ4n) is 0.304. The van der Waals surface area contributed by atoms with Gasteiger partial charge in [0.25, 0.3) is 0 Å². The third-order valence-electron chi connectivity index (χ3n) is 0.608. The number of rotatable bonds is 1. The van der Waals surface area contributed by atoms with Crippen LogP contribution in [0.5, 0.6) is 0 Å². The number of carbonyl (C=O) groups is 1. The number of nitrogens with zero attached hydrogens (tertiary/aromatic N) is 2. The number of hydrogen-bond acceptors (Lipinski definition) is 4. The van der Waals surface area contributed by atoms with Crippen LogP contribution in [-0.4, -0.2) is 21.2 Å². The predicted molar refractivity (Wildman–Crippen MR) is 20.7 cm³/mol. The van der Waals surface area contributed by atoms with Gasteiger partial charge in [0.1, 0.15) is 12.3 Å². The van der Waals surface area contributed by atoms with E-state index in [9.17, 15) is 9.90 Å². The molecule has 0 amide bonds. The smallest absolute Gasteiger partial charge is 0.542 e. The van der Waals surface area contributed by atoms with Crippen LogP contribution < -0.4 is 24.0 Å². The van der Waals surface area contributed by atoms with Crippen LogP contribution in [-0.2, 0) is 0 Å². The maximum absolute atomic E-state index is 9.82. The van der Waals surface area contributed by atoms with Crippen molar-refractivity contribution in [2.75, 3.05) is 0 Å². The summed E-state index contributed by atoms with van der Waals surface area (Å²) in [4.78, 5) is 13.1. The van der Waals surface area contributed by atoms with E-state index in [2.05, 4.69) is 15.2 Å². The van der Waals surface area contributed by atoms with Crippen molar-refractivity contribution in [1.29, 1.82) is 0 Å². The number of nitrogens with one attached hydrogen (secondary N) is 1. The van der Waals surface area contributed by atoms with Gasteiger partial charge in [-0.05, 0) is 0 Å². The number of carboxylic acid groups (broad SMARTS) is 1. The zero-order chi connectivity index (χ0) is 5.98. The van der Waals surface area contributed by atoms with Gasteiger partial charge in [-0.3, -0.25) is 5.10 Å². The predicted octanol–water partition coefficient (Wildman–Crippen LogP) is -4.83. The van der Waals surface area contributed by atoms with E-state index < -0.39 is 5.97 Å². The van der Waals surface area contributed by atoms with E-state index in [0.29, 0.717) is 0 Å². The Morgan fingerprint density at radius 3 is 2.67 bits per heavy atom. The van der Waals surface area contributed by atoms with Gasteiger partial charge in [-0.1, -0.05) is 0 Å². The molecule has 0 aromatic carbocycles. The van der Waals surface area contributed by atoms with E-state index >= 15 is 0 Å². The first-order valence-corrected chi connectivity index (χ1v) is 1.87. The van der Waals surface area contributed by atoms with E-state index in [1.807, 2.05) is 0 Å². The second kappa shape index (κ2) is 3.28. The molecule has 0 unspecified atom stereocenters. The SMILES string of the molecule is O=C([O-])c1ncn[nH]1.[Li+]. The minimum absolute atomic E-state index is 0. The van der Waals surface area contributed by atoms with Crippen LogP contribution >= 0.6 is 0 Å². The quantitative estimate of drug-likeness (QED) is 0.376. The molecule has 0 aliphatic rings. The van der Waals surface area contributed by atoms with E-state index in [-0.39, 0.29) is 24.7 Å². The standard InChI is InChI=1S/C3H3N3O2.Li/c7-3(8)2-4-1-5-6-2;/h1H,(H,7,8)(H,4,5,6);/q;+1/p-1. The molecule has 0 aliphatic heterocycles. The fourth-order valence-corrected chi connectivity index (χ4v) is 0.304. The fraction of sp³-hybridized carbons (Fsp3) is 0. The first-order valence-electron chi connectivity index (χ1n) is 1.87. The van der Waals surface area contributed by atoms with Gasteiger partial charge in [0.15, 0.2) is 5.82 Å². The first kappa shape index (κ1) is 8.21. The van der Waals surface area contributed by atoms with Gasteiger partial charge in [-0.15, -0.1) is 0 Å². The molecule has 1 heterocycles. The molecule has 0 bridgehead atoms. The van der Waals surface area contributed by atoms with Crippen LogP contribution in [0.1, 0.15) is 10.6 Å². The molecule has 6 heteroatoms. The van der Waals surface area contributed by atoms with Crippen LogP contribution in [0.3, 0.4) is 0 Å². The third-order valence-corrected chi connectivity index (χ3v) is 0.608. The molecule has 0 saturated carbocycles. The zero-order valence-corrected chi connectivity index (χ0v) is 4.79. The summed E-state index contributed by atoms with van der Waals surface area (Å²) in [6.07, 6.45) is 1.10. The molecule has 1 aromatic heterocycles. The van der Waals surface area contributed by atoms with Crippen LogP contribution in [0.2, 0.25) is 0 Å². The second-order valence-electron chi connectivity index (χ2n) is 1.12. The summed E-state index contributed by atoms with van der Waals surface area (Å²) in [7, 11) is 0. The molecule has 0 saturated heterocycles. The summed E-state index contributed by atoms with van der Waals surface area (Å²) in [5.41, 5.74) is 0. The van der Waals surface area contributed by atoms with Gasteiger partial charge in [0, 0.05) is 0 Å². The molecule has 0 fully saturated rings. The number of hydrogen-bond donors (Lipinski definition) is 1. The molecule has 0 atom stereocenters. The summed E-state index contributed by atoms with van der Waals surface area (Å²) in [5.74, 6) is -1.59. The average Bonchev–Trinajstić information content (AvgIpc) is 2.12. The minimum Gasteiger partial charge on any atom is -0.542 e. The molecule has 1 N–H and O–H groups in total. The van der Waals surface area contributed by atoms with Crippen LogP contribution in [0.15, 0.2) is 6.33 Å². The molecule has 42 valence electrons. The number of carbonyl (C=O) groups excluding carboxylic acids is 1. The summed E-state index contributed by atoms with van der Waals surface area (Å²) in [6, 6.07) is 0. The van der Waals surface area contributed by atoms with Crippen molar-refractivity contribution in [2.45, 2.75) is 0 Å².